The second-order valence-electron chi connectivity index (χ2n) is 4.87. The van der Waals surface area contributed by atoms with Gasteiger partial charge in [-0.1, -0.05) is 22.0 Å². The normalized spacial score (nSPS) is 11.2. The summed E-state index contributed by atoms with van der Waals surface area (Å²) in [6, 6.07) is 7.78. The van der Waals surface area contributed by atoms with Gasteiger partial charge in [0.05, 0.1) is 0 Å². The number of hydrogen-bond donors (Lipinski definition) is 1. The van der Waals surface area contributed by atoms with Crippen molar-refractivity contribution < 1.29 is 5.11 Å². The summed E-state index contributed by atoms with van der Waals surface area (Å²) in [4.78, 5) is 6.80. The van der Waals surface area contributed by atoms with E-state index in [2.05, 4.69) is 39.7 Å². The maximum Gasteiger partial charge on any atom is 0.136 e. The summed E-state index contributed by atoms with van der Waals surface area (Å²) >= 11 is 3.47. The van der Waals surface area contributed by atoms with Crippen molar-refractivity contribution in [2.45, 2.75) is 26.3 Å². The zero-order valence-corrected chi connectivity index (χ0v) is 12.9. The van der Waals surface area contributed by atoms with Gasteiger partial charge in [0.1, 0.15) is 11.6 Å². The topological polar surface area (TPSA) is 36.4 Å². The molecule has 0 bridgehead atoms. The number of rotatable bonds is 5. The molecule has 0 aliphatic heterocycles. The van der Waals surface area contributed by atoms with Crippen LogP contribution in [0.5, 0.6) is 5.75 Å². The molecule has 0 amide bonds. The molecule has 0 unspecified atom stereocenters. The number of nitrogens with zero attached hydrogens (tertiary/aromatic N) is 2. The molecule has 0 fully saturated rings. The number of alkyl halides is 1. The zero-order chi connectivity index (χ0) is 13.8. The molecule has 0 spiro atoms. The number of hydrogen-bond acceptors (Lipinski definition) is 3. The Balaban J connectivity index is 2.49. The highest BCUT2D eigenvalue weighted by Crippen LogP contribution is 2.28. The maximum absolute atomic E-state index is 9.70. The van der Waals surface area contributed by atoms with Crippen LogP contribution in [0.4, 0.5) is 5.82 Å². The summed E-state index contributed by atoms with van der Waals surface area (Å²) in [6.45, 7) is 5.28. The summed E-state index contributed by atoms with van der Waals surface area (Å²) in [5.41, 5.74) is 0. The molecule has 1 aromatic heterocycles. The van der Waals surface area contributed by atoms with Crippen molar-refractivity contribution in [3.8, 4) is 5.75 Å². The quantitative estimate of drug-likeness (QED) is 0.847. The van der Waals surface area contributed by atoms with Crippen molar-refractivity contribution in [1.29, 1.82) is 0 Å². The fraction of sp³-hybridized carbons (Fsp3) is 0.400. The first-order valence-electron chi connectivity index (χ1n) is 6.54. The molecule has 0 aliphatic rings. The van der Waals surface area contributed by atoms with Crippen LogP contribution in [0.1, 0.15) is 20.3 Å². The molecule has 0 saturated carbocycles. The third-order valence-corrected chi connectivity index (χ3v) is 3.72. The van der Waals surface area contributed by atoms with E-state index in [-0.39, 0.29) is 5.75 Å². The fourth-order valence-corrected chi connectivity index (χ4v) is 2.46. The van der Waals surface area contributed by atoms with E-state index in [1.165, 1.54) is 0 Å². The fourth-order valence-electron chi connectivity index (χ4n) is 2.21. The lowest BCUT2D eigenvalue weighted by Crippen LogP contribution is -2.32. The van der Waals surface area contributed by atoms with Crippen molar-refractivity contribution >= 4 is 32.5 Å². The second kappa shape index (κ2) is 6.24. The van der Waals surface area contributed by atoms with Crippen LogP contribution in [-0.4, -0.2) is 28.0 Å². The highest BCUT2D eigenvalue weighted by atomic mass is 79.9. The lowest BCUT2D eigenvalue weighted by Gasteiger charge is -2.28. The molecule has 4 heteroatoms. The lowest BCUT2D eigenvalue weighted by molar-refractivity contribution is 0.476. The van der Waals surface area contributed by atoms with E-state index in [1.54, 1.807) is 12.1 Å². The average molecular weight is 323 g/mol. The molecule has 19 heavy (non-hydrogen) atoms. The van der Waals surface area contributed by atoms with Gasteiger partial charge in [-0.2, -0.15) is 0 Å². The van der Waals surface area contributed by atoms with Crippen LogP contribution in [0.25, 0.3) is 10.8 Å². The molecular formula is C15H19BrN2O. The molecule has 0 atom stereocenters. The van der Waals surface area contributed by atoms with Crippen molar-refractivity contribution in [1.82, 2.24) is 4.98 Å². The van der Waals surface area contributed by atoms with Crippen LogP contribution >= 0.6 is 15.9 Å². The number of anilines is 1. The minimum atomic E-state index is 0.283. The van der Waals surface area contributed by atoms with Gasteiger partial charge in [-0.15, -0.1) is 0 Å². The maximum atomic E-state index is 9.70. The summed E-state index contributed by atoms with van der Waals surface area (Å²) < 4.78 is 0. The predicted octanol–water partition coefficient (Wildman–Crippen LogP) is 3.94. The molecule has 3 nitrogen and oxygen atoms in total. The molecule has 0 radical (unpaired) electrons. The SMILES string of the molecule is CC(C)N(CCCBr)c1nccc2ccc(O)cc12. The van der Waals surface area contributed by atoms with Crippen molar-refractivity contribution in [3.63, 3.8) is 0 Å². The van der Waals surface area contributed by atoms with E-state index in [0.29, 0.717) is 6.04 Å². The van der Waals surface area contributed by atoms with Crippen LogP contribution < -0.4 is 4.90 Å². The number of halogens is 1. The summed E-state index contributed by atoms with van der Waals surface area (Å²) in [5.74, 6) is 1.23. The number of phenolic OH excluding ortho intramolecular Hbond substituents is 1. The van der Waals surface area contributed by atoms with Gasteiger partial charge >= 0.3 is 0 Å². The summed E-state index contributed by atoms with van der Waals surface area (Å²) in [5, 5.41) is 12.8. The third kappa shape index (κ3) is 3.18. The van der Waals surface area contributed by atoms with Crippen LogP contribution in [0.2, 0.25) is 0 Å². The number of aromatic nitrogens is 1. The molecule has 2 aromatic rings. The summed E-state index contributed by atoms with van der Waals surface area (Å²) in [7, 11) is 0. The zero-order valence-electron chi connectivity index (χ0n) is 11.3. The Hall–Kier alpha value is -1.29. The summed E-state index contributed by atoms with van der Waals surface area (Å²) in [6.07, 6.45) is 2.90. The molecule has 1 heterocycles. The first-order valence-corrected chi connectivity index (χ1v) is 7.66. The first-order chi connectivity index (χ1) is 9.13. The van der Waals surface area contributed by atoms with Gasteiger partial charge in [0.15, 0.2) is 0 Å². The average Bonchev–Trinajstić information content (AvgIpc) is 2.39. The Bertz CT molecular complexity index is 557. The predicted molar refractivity (Wildman–Crippen MR) is 84.3 cm³/mol. The van der Waals surface area contributed by atoms with Gasteiger partial charge in [-0.25, -0.2) is 4.98 Å². The van der Waals surface area contributed by atoms with E-state index in [1.807, 2.05) is 18.3 Å². The minimum Gasteiger partial charge on any atom is -0.508 e. The van der Waals surface area contributed by atoms with Crippen LogP contribution in [-0.2, 0) is 0 Å². The van der Waals surface area contributed by atoms with E-state index in [9.17, 15) is 5.11 Å². The van der Waals surface area contributed by atoms with E-state index in [4.69, 9.17) is 0 Å². The van der Waals surface area contributed by atoms with E-state index in [0.717, 1.165) is 34.9 Å². The van der Waals surface area contributed by atoms with Crippen LogP contribution in [0, 0.1) is 0 Å². The van der Waals surface area contributed by atoms with Gasteiger partial charge in [-0.3, -0.25) is 0 Å². The van der Waals surface area contributed by atoms with Gasteiger partial charge < -0.3 is 10.0 Å². The number of phenols is 1. The number of benzene rings is 1. The van der Waals surface area contributed by atoms with Crippen LogP contribution in [0.3, 0.4) is 0 Å². The number of fused-ring (bicyclic) bond motifs is 1. The highest BCUT2D eigenvalue weighted by Gasteiger charge is 2.14. The Morgan fingerprint density at radius 2 is 2.11 bits per heavy atom. The molecule has 0 aliphatic carbocycles. The molecule has 1 aromatic carbocycles. The van der Waals surface area contributed by atoms with Crippen molar-refractivity contribution in [3.05, 3.63) is 30.5 Å². The Morgan fingerprint density at radius 3 is 2.79 bits per heavy atom. The number of pyridine rings is 1. The number of aromatic hydroxyl groups is 1. The van der Waals surface area contributed by atoms with Gasteiger partial charge in [-0.05, 0) is 43.9 Å². The molecule has 1 N–H and O–H groups in total. The van der Waals surface area contributed by atoms with Gasteiger partial charge in [0.2, 0.25) is 0 Å². The minimum absolute atomic E-state index is 0.283. The standard InChI is InChI=1S/C15H19BrN2O/c1-11(2)18(9-3-7-16)15-14-10-13(19)5-4-12(14)6-8-17-15/h4-6,8,10-11,19H,3,7,9H2,1-2H3. The highest BCUT2D eigenvalue weighted by molar-refractivity contribution is 9.09. The monoisotopic (exact) mass is 322 g/mol. The van der Waals surface area contributed by atoms with Crippen molar-refractivity contribution in [2.24, 2.45) is 0 Å². The van der Waals surface area contributed by atoms with Gasteiger partial charge in [0, 0.05) is 29.5 Å². The lowest BCUT2D eigenvalue weighted by atomic mass is 10.1. The molecule has 102 valence electrons. The van der Waals surface area contributed by atoms with E-state index < -0.39 is 0 Å². The van der Waals surface area contributed by atoms with Gasteiger partial charge in [0.25, 0.3) is 0 Å². The Kier molecular flexibility index (Phi) is 4.64. The largest absolute Gasteiger partial charge is 0.508 e. The molecular weight excluding hydrogens is 304 g/mol. The first kappa shape index (κ1) is 14.1. The van der Waals surface area contributed by atoms with Crippen LogP contribution in [0.15, 0.2) is 30.5 Å². The Morgan fingerprint density at radius 1 is 1.32 bits per heavy atom. The second-order valence-corrected chi connectivity index (χ2v) is 5.66. The molecule has 2 rings (SSSR count). The van der Waals surface area contributed by atoms with Crippen molar-refractivity contribution in [2.75, 3.05) is 16.8 Å². The smallest absolute Gasteiger partial charge is 0.136 e. The molecule has 0 saturated heterocycles. The Labute approximate surface area is 122 Å². The van der Waals surface area contributed by atoms with E-state index >= 15 is 0 Å². The third-order valence-electron chi connectivity index (χ3n) is 3.16.